The van der Waals surface area contributed by atoms with E-state index < -0.39 is 18.6 Å². The van der Waals surface area contributed by atoms with Crippen LogP contribution in [0.25, 0.3) is 10.9 Å². The zero-order chi connectivity index (χ0) is 28.6. The number of anilines is 1. The minimum absolute atomic E-state index is 0.0320. The average Bonchev–Trinajstić information content (AvgIpc) is 3.58. The molecular weight excluding hydrogens is 525 g/mol. The Bertz CT molecular complexity index is 1420. The molecule has 0 saturated carbocycles. The summed E-state index contributed by atoms with van der Waals surface area (Å²) < 4.78 is 44.9. The topological polar surface area (TPSA) is 89.1 Å². The Hall–Kier alpha value is -3.57. The van der Waals surface area contributed by atoms with Crippen molar-refractivity contribution >= 4 is 28.5 Å². The fourth-order valence-electron chi connectivity index (χ4n) is 5.92. The van der Waals surface area contributed by atoms with Crippen LogP contribution in [0, 0.1) is 6.92 Å². The molecule has 1 amide bonds. The normalized spacial score (nSPS) is 19.1. The van der Waals surface area contributed by atoms with E-state index in [-0.39, 0.29) is 24.1 Å². The van der Waals surface area contributed by atoms with Crippen molar-refractivity contribution in [3.05, 3.63) is 58.8 Å². The summed E-state index contributed by atoms with van der Waals surface area (Å²) in [6, 6.07) is 8.59. The molecule has 1 atom stereocenters. The predicted molar refractivity (Wildman–Crippen MR) is 145 cm³/mol. The standard InChI is InChI=1S/C29H33F3N4O4/c1-18-14-25(40-2)22(20-7-9-33-27(18)20)16-35-13-12-34(11-8-29(30,31)32)17-24(35)19-5-6-21(28(38)39)23(15-19)36-10-3-4-26(36)37/h5-7,9,14-15,24,33H,3-4,8,10-13,16-17H2,1-2H3,(H,38,39)/t24-/m0/s1. The van der Waals surface area contributed by atoms with Crippen LogP contribution >= 0.6 is 0 Å². The zero-order valence-corrected chi connectivity index (χ0v) is 22.6. The van der Waals surface area contributed by atoms with Gasteiger partial charge in [0.05, 0.1) is 24.8 Å². The third kappa shape index (κ3) is 5.66. The van der Waals surface area contributed by atoms with Gasteiger partial charge in [-0.2, -0.15) is 13.2 Å². The molecule has 2 aromatic carbocycles. The van der Waals surface area contributed by atoms with Crippen LogP contribution < -0.4 is 9.64 Å². The first-order chi connectivity index (χ1) is 19.1. The lowest BCUT2D eigenvalue weighted by atomic mass is 9.97. The van der Waals surface area contributed by atoms with Crippen molar-refractivity contribution in [1.82, 2.24) is 14.8 Å². The number of nitrogens with zero attached hydrogens (tertiary/aromatic N) is 3. The number of fused-ring (bicyclic) bond motifs is 1. The van der Waals surface area contributed by atoms with Gasteiger partial charge in [0, 0.05) is 74.4 Å². The van der Waals surface area contributed by atoms with Gasteiger partial charge in [0.15, 0.2) is 0 Å². The van der Waals surface area contributed by atoms with Crippen molar-refractivity contribution in [1.29, 1.82) is 0 Å². The van der Waals surface area contributed by atoms with Crippen molar-refractivity contribution in [3.8, 4) is 5.75 Å². The lowest BCUT2D eigenvalue weighted by molar-refractivity contribution is -0.139. The fraction of sp³-hybridized carbons (Fsp3) is 0.448. The van der Waals surface area contributed by atoms with E-state index in [1.165, 1.54) is 11.0 Å². The highest BCUT2D eigenvalue weighted by Crippen LogP contribution is 2.37. The zero-order valence-electron chi connectivity index (χ0n) is 22.6. The number of aromatic amines is 1. The molecule has 2 aliphatic rings. The largest absolute Gasteiger partial charge is 0.496 e. The Kier molecular flexibility index (Phi) is 7.78. The number of carboxylic acid groups (broad SMARTS) is 1. The first-order valence-corrected chi connectivity index (χ1v) is 13.4. The smallest absolute Gasteiger partial charge is 0.390 e. The van der Waals surface area contributed by atoms with Gasteiger partial charge < -0.3 is 19.7 Å². The monoisotopic (exact) mass is 558 g/mol. The first kappa shape index (κ1) is 28.0. The summed E-state index contributed by atoms with van der Waals surface area (Å²) in [5.74, 6) is -0.536. The number of carboxylic acids is 1. The van der Waals surface area contributed by atoms with E-state index in [4.69, 9.17) is 4.74 Å². The Morgan fingerprint density at radius 2 is 1.98 bits per heavy atom. The molecule has 0 unspecified atom stereocenters. The number of piperazine rings is 1. The van der Waals surface area contributed by atoms with Gasteiger partial charge in [-0.15, -0.1) is 0 Å². The number of carbonyl (C=O) groups excluding carboxylic acids is 1. The number of ether oxygens (including phenoxy) is 1. The van der Waals surface area contributed by atoms with E-state index in [1.807, 2.05) is 25.3 Å². The number of aromatic nitrogens is 1. The van der Waals surface area contributed by atoms with E-state index >= 15 is 0 Å². The summed E-state index contributed by atoms with van der Waals surface area (Å²) in [4.78, 5) is 33.4. The third-order valence-electron chi connectivity index (χ3n) is 7.98. The molecule has 0 aliphatic carbocycles. The second kappa shape index (κ2) is 11.1. The molecule has 0 spiro atoms. The summed E-state index contributed by atoms with van der Waals surface area (Å²) in [5.41, 5.74) is 4.13. The molecule has 214 valence electrons. The number of amides is 1. The lowest BCUT2D eigenvalue weighted by Crippen LogP contribution is -2.48. The Morgan fingerprint density at radius 3 is 2.65 bits per heavy atom. The molecule has 1 aromatic heterocycles. The van der Waals surface area contributed by atoms with Crippen molar-refractivity contribution in [2.75, 3.05) is 44.7 Å². The summed E-state index contributed by atoms with van der Waals surface area (Å²) in [6.45, 7) is 4.09. The number of alkyl halides is 3. The van der Waals surface area contributed by atoms with Crippen LogP contribution in [0.3, 0.4) is 0 Å². The first-order valence-electron chi connectivity index (χ1n) is 13.4. The van der Waals surface area contributed by atoms with Gasteiger partial charge in [-0.25, -0.2) is 4.79 Å². The van der Waals surface area contributed by atoms with Crippen molar-refractivity contribution in [2.45, 2.75) is 44.9 Å². The molecule has 5 rings (SSSR count). The molecular formula is C29H33F3N4O4. The summed E-state index contributed by atoms with van der Waals surface area (Å²) >= 11 is 0. The Morgan fingerprint density at radius 1 is 1.18 bits per heavy atom. The molecule has 2 aliphatic heterocycles. The molecule has 2 fully saturated rings. The highest BCUT2D eigenvalue weighted by Gasteiger charge is 2.34. The minimum atomic E-state index is -4.26. The summed E-state index contributed by atoms with van der Waals surface area (Å²) in [7, 11) is 1.62. The molecule has 8 nitrogen and oxygen atoms in total. The number of benzene rings is 2. The van der Waals surface area contributed by atoms with Gasteiger partial charge in [0.25, 0.3) is 0 Å². The number of aromatic carboxylic acids is 1. The highest BCUT2D eigenvalue weighted by molar-refractivity contribution is 6.03. The van der Waals surface area contributed by atoms with Gasteiger partial charge in [-0.1, -0.05) is 6.07 Å². The number of nitrogens with one attached hydrogen (secondary N) is 1. The van der Waals surface area contributed by atoms with E-state index in [2.05, 4.69) is 9.88 Å². The molecule has 2 N–H and O–H groups in total. The lowest BCUT2D eigenvalue weighted by Gasteiger charge is -2.42. The highest BCUT2D eigenvalue weighted by atomic mass is 19.4. The number of carbonyl (C=O) groups is 2. The van der Waals surface area contributed by atoms with Crippen LogP contribution in [0.2, 0.25) is 0 Å². The molecule has 3 aromatic rings. The summed E-state index contributed by atoms with van der Waals surface area (Å²) in [6.07, 6.45) is -2.29. The molecule has 11 heteroatoms. The number of halogens is 3. The van der Waals surface area contributed by atoms with Gasteiger partial charge in [-0.3, -0.25) is 14.6 Å². The average molecular weight is 559 g/mol. The minimum Gasteiger partial charge on any atom is -0.496 e. The van der Waals surface area contributed by atoms with Gasteiger partial charge in [0.2, 0.25) is 5.91 Å². The maximum atomic E-state index is 13.1. The van der Waals surface area contributed by atoms with E-state index in [0.717, 1.165) is 33.3 Å². The number of H-pyrrole nitrogens is 1. The summed E-state index contributed by atoms with van der Waals surface area (Å²) in [5, 5.41) is 10.8. The second-order valence-electron chi connectivity index (χ2n) is 10.5. The predicted octanol–water partition coefficient (Wildman–Crippen LogP) is 5.12. The number of hydrogen-bond acceptors (Lipinski definition) is 5. The number of methoxy groups -OCH3 is 1. The Labute approximate surface area is 230 Å². The van der Waals surface area contributed by atoms with Crippen molar-refractivity contribution < 1.29 is 32.6 Å². The van der Waals surface area contributed by atoms with Crippen LogP contribution in [-0.2, 0) is 11.3 Å². The van der Waals surface area contributed by atoms with E-state index in [9.17, 15) is 27.9 Å². The van der Waals surface area contributed by atoms with Crippen LogP contribution in [0.15, 0.2) is 36.5 Å². The van der Waals surface area contributed by atoms with E-state index in [1.54, 1.807) is 24.1 Å². The number of hydrogen-bond donors (Lipinski definition) is 2. The van der Waals surface area contributed by atoms with Crippen LogP contribution in [0.1, 0.15) is 52.4 Å². The number of aryl methyl sites for hydroxylation is 1. The van der Waals surface area contributed by atoms with Gasteiger partial charge in [-0.05, 0) is 48.7 Å². The molecule has 0 bridgehead atoms. The quantitative estimate of drug-likeness (QED) is 0.399. The maximum Gasteiger partial charge on any atom is 0.390 e. The SMILES string of the molecule is COc1cc(C)c2[nH]ccc2c1CN1CCN(CCC(F)(F)F)C[C@H]1c1ccc(C(=O)O)c(N2CCCC2=O)c1. The molecule has 3 heterocycles. The van der Waals surface area contributed by atoms with Crippen LogP contribution in [-0.4, -0.2) is 77.8 Å². The van der Waals surface area contributed by atoms with E-state index in [0.29, 0.717) is 51.3 Å². The number of rotatable bonds is 8. The second-order valence-corrected chi connectivity index (χ2v) is 10.5. The molecule has 2 saturated heterocycles. The Balaban J connectivity index is 1.53. The third-order valence-corrected chi connectivity index (χ3v) is 7.98. The fourth-order valence-corrected chi connectivity index (χ4v) is 5.92. The van der Waals surface area contributed by atoms with Gasteiger partial charge >= 0.3 is 12.1 Å². The maximum absolute atomic E-state index is 13.1. The molecule has 0 radical (unpaired) electrons. The van der Waals surface area contributed by atoms with Crippen LogP contribution in [0.4, 0.5) is 18.9 Å². The van der Waals surface area contributed by atoms with Crippen molar-refractivity contribution in [3.63, 3.8) is 0 Å². The molecule has 40 heavy (non-hydrogen) atoms. The van der Waals surface area contributed by atoms with Gasteiger partial charge in [0.1, 0.15) is 5.75 Å². The van der Waals surface area contributed by atoms with Crippen LogP contribution in [0.5, 0.6) is 5.75 Å². The van der Waals surface area contributed by atoms with Crippen molar-refractivity contribution in [2.24, 2.45) is 0 Å².